The van der Waals surface area contributed by atoms with Gasteiger partial charge in [-0.15, -0.1) is 16.8 Å². The van der Waals surface area contributed by atoms with Gasteiger partial charge in [0.05, 0.1) is 6.10 Å². The van der Waals surface area contributed by atoms with E-state index in [1.165, 1.54) is 11.8 Å². The molecule has 0 fully saturated rings. The molecule has 8 heteroatoms. The molecule has 30 heavy (non-hydrogen) atoms. The van der Waals surface area contributed by atoms with E-state index in [1.54, 1.807) is 30.3 Å². The van der Waals surface area contributed by atoms with Gasteiger partial charge in [0.25, 0.3) is 0 Å². The fourth-order valence-corrected chi connectivity index (χ4v) is 3.64. The van der Waals surface area contributed by atoms with E-state index < -0.39 is 6.10 Å². The Morgan fingerprint density at radius 3 is 2.70 bits per heavy atom. The van der Waals surface area contributed by atoms with Crippen LogP contribution >= 0.6 is 23.4 Å². The minimum absolute atomic E-state index is 0.174. The summed E-state index contributed by atoms with van der Waals surface area (Å²) in [6.07, 6.45) is 1.12. The summed E-state index contributed by atoms with van der Waals surface area (Å²) in [6.45, 7) is 6.85. The Bertz CT molecular complexity index is 963. The van der Waals surface area contributed by atoms with Gasteiger partial charge >= 0.3 is 0 Å². The fourth-order valence-electron chi connectivity index (χ4n) is 2.64. The number of aliphatic hydroxyl groups is 1. The Balaban J connectivity index is 1.54. The molecule has 0 radical (unpaired) electrons. The summed E-state index contributed by atoms with van der Waals surface area (Å²) >= 11 is 7.27. The van der Waals surface area contributed by atoms with Crippen LogP contribution in [0.1, 0.15) is 11.4 Å². The minimum Gasteiger partial charge on any atom is -0.491 e. The monoisotopic (exact) mass is 445 g/mol. The van der Waals surface area contributed by atoms with Crippen molar-refractivity contribution in [2.75, 3.05) is 12.4 Å². The second-order valence-corrected chi connectivity index (χ2v) is 8.06. The third-order valence-electron chi connectivity index (χ3n) is 4.12. The highest BCUT2D eigenvalue weighted by atomic mass is 35.5. The maximum Gasteiger partial charge on any atom is 0.191 e. The average molecular weight is 446 g/mol. The zero-order valence-electron chi connectivity index (χ0n) is 16.7. The van der Waals surface area contributed by atoms with Crippen LogP contribution in [-0.4, -0.2) is 38.3 Å². The highest BCUT2D eigenvalue weighted by Gasteiger charge is 2.15. The van der Waals surface area contributed by atoms with Crippen molar-refractivity contribution in [3.63, 3.8) is 0 Å². The lowest BCUT2D eigenvalue weighted by Gasteiger charge is -2.13. The third-order valence-corrected chi connectivity index (χ3v) is 5.49. The Morgan fingerprint density at radius 1 is 1.17 bits per heavy atom. The maximum atomic E-state index is 10.3. The standard InChI is InChI=1S/C22H24ClN3O3S/c1-3-11-26-21(14-29-20-6-4-5-16(2)12-20)24-25-22(26)30-15-18(27)13-28-19-9-7-17(23)8-10-19/h3-10,12,18,27H,1,11,13-15H2,2H3. The van der Waals surface area contributed by atoms with Gasteiger partial charge in [0, 0.05) is 17.3 Å². The second kappa shape index (κ2) is 11.1. The molecule has 0 bridgehead atoms. The van der Waals surface area contributed by atoms with E-state index in [-0.39, 0.29) is 6.61 Å². The maximum absolute atomic E-state index is 10.3. The first-order chi connectivity index (χ1) is 14.5. The van der Waals surface area contributed by atoms with Crippen LogP contribution in [0.2, 0.25) is 5.02 Å². The van der Waals surface area contributed by atoms with Crippen molar-refractivity contribution in [3.05, 3.63) is 77.6 Å². The van der Waals surface area contributed by atoms with Gasteiger partial charge in [-0.3, -0.25) is 4.57 Å². The number of nitrogens with zero attached hydrogens (tertiary/aromatic N) is 3. The van der Waals surface area contributed by atoms with Gasteiger partial charge in [0.2, 0.25) is 0 Å². The normalized spacial score (nSPS) is 11.8. The van der Waals surface area contributed by atoms with E-state index in [0.29, 0.717) is 40.7 Å². The van der Waals surface area contributed by atoms with Crippen LogP contribution in [-0.2, 0) is 13.2 Å². The zero-order chi connectivity index (χ0) is 21.3. The van der Waals surface area contributed by atoms with Crippen molar-refractivity contribution < 1.29 is 14.6 Å². The Hall–Kier alpha value is -2.48. The van der Waals surface area contributed by atoms with Gasteiger partial charge in [0.1, 0.15) is 24.7 Å². The molecule has 0 amide bonds. The molecule has 0 saturated heterocycles. The zero-order valence-corrected chi connectivity index (χ0v) is 18.3. The molecule has 6 nitrogen and oxygen atoms in total. The largest absolute Gasteiger partial charge is 0.491 e. The number of benzene rings is 2. The first kappa shape index (κ1) is 22.2. The predicted molar refractivity (Wildman–Crippen MR) is 119 cm³/mol. The summed E-state index contributed by atoms with van der Waals surface area (Å²) in [4.78, 5) is 0. The molecule has 1 unspecified atom stereocenters. The van der Waals surface area contributed by atoms with Crippen molar-refractivity contribution in [1.82, 2.24) is 14.8 Å². The molecule has 0 aliphatic rings. The molecule has 3 aromatic rings. The first-order valence-corrected chi connectivity index (χ1v) is 10.8. The lowest BCUT2D eigenvalue weighted by Crippen LogP contribution is -2.20. The van der Waals surface area contributed by atoms with E-state index in [2.05, 4.69) is 16.8 Å². The van der Waals surface area contributed by atoms with Crippen LogP contribution in [0.25, 0.3) is 0 Å². The SMILES string of the molecule is C=CCn1c(COc2cccc(C)c2)nnc1SCC(O)COc1ccc(Cl)cc1. The number of halogens is 1. The molecular weight excluding hydrogens is 422 g/mol. The van der Waals surface area contributed by atoms with Gasteiger partial charge in [0.15, 0.2) is 11.0 Å². The smallest absolute Gasteiger partial charge is 0.191 e. The second-order valence-electron chi connectivity index (χ2n) is 6.63. The van der Waals surface area contributed by atoms with Crippen molar-refractivity contribution in [3.8, 4) is 11.5 Å². The summed E-state index contributed by atoms with van der Waals surface area (Å²) in [5.74, 6) is 2.56. The van der Waals surface area contributed by atoms with Crippen molar-refractivity contribution in [2.24, 2.45) is 0 Å². The third kappa shape index (κ3) is 6.52. The summed E-state index contributed by atoms with van der Waals surface area (Å²) in [5, 5.41) is 20.1. The molecule has 1 heterocycles. The number of aromatic nitrogens is 3. The van der Waals surface area contributed by atoms with Crippen molar-refractivity contribution in [2.45, 2.75) is 31.3 Å². The summed E-state index contributed by atoms with van der Waals surface area (Å²) in [7, 11) is 0. The van der Waals surface area contributed by atoms with Gasteiger partial charge in [-0.05, 0) is 48.9 Å². The summed E-state index contributed by atoms with van der Waals surface area (Å²) in [5.41, 5.74) is 1.13. The number of aryl methyl sites for hydroxylation is 1. The molecule has 2 aromatic carbocycles. The quantitative estimate of drug-likeness (QED) is 0.345. The van der Waals surface area contributed by atoms with Crippen LogP contribution in [0, 0.1) is 6.92 Å². The number of aliphatic hydroxyl groups excluding tert-OH is 1. The summed E-state index contributed by atoms with van der Waals surface area (Å²) in [6, 6.07) is 14.9. The van der Waals surface area contributed by atoms with E-state index in [9.17, 15) is 5.11 Å². The van der Waals surface area contributed by atoms with Gasteiger partial charge < -0.3 is 14.6 Å². The van der Waals surface area contributed by atoms with E-state index >= 15 is 0 Å². The van der Waals surface area contributed by atoms with Crippen LogP contribution in [0.5, 0.6) is 11.5 Å². The molecule has 3 rings (SSSR count). The van der Waals surface area contributed by atoms with E-state index in [4.69, 9.17) is 21.1 Å². The van der Waals surface area contributed by atoms with E-state index in [1.807, 2.05) is 35.8 Å². The average Bonchev–Trinajstić information content (AvgIpc) is 3.12. The number of rotatable bonds is 11. The topological polar surface area (TPSA) is 69.4 Å². The Kier molecular flexibility index (Phi) is 8.19. The van der Waals surface area contributed by atoms with Crippen molar-refractivity contribution >= 4 is 23.4 Å². The molecule has 158 valence electrons. The first-order valence-electron chi connectivity index (χ1n) is 9.47. The lowest BCUT2D eigenvalue weighted by molar-refractivity contribution is 0.126. The fraction of sp³-hybridized carbons (Fsp3) is 0.273. The summed E-state index contributed by atoms with van der Waals surface area (Å²) < 4.78 is 13.4. The molecule has 0 spiro atoms. The number of hydrogen-bond donors (Lipinski definition) is 1. The highest BCUT2D eigenvalue weighted by Crippen LogP contribution is 2.21. The number of ether oxygens (including phenoxy) is 2. The van der Waals surface area contributed by atoms with Crippen LogP contribution < -0.4 is 9.47 Å². The Morgan fingerprint density at radius 2 is 1.97 bits per heavy atom. The number of thioether (sulfide) groups is 1. The highest BCUT2D eigenvalue weighted by molar-refractivity contribution is 7.99. The Labute approximate surface area is 185 Å². The lowest BCUT2D eigenvalue weighted by atomic mass is 10.2. The van der Waals surface area contributed by atoms with Crippen molar-refractivity contribution in [1.29, 1.82) is 0 Å². The van der Waals surface area contributed by atoms with Crippen LogP contribution in [0.15, 0.2) is 66.3 Å². The number of allylic oxidation sites excluding steroid dienone is 1. The van der Waals surface area contributed by atoms with Crippen LogP contribution in [0.4, 0.5) is 0 Å². The van der Waals surface area contributed by atoms with Gasteiger partial charge in [-0.2, -0.15) is 0 Å². The molecule has 1 N–H and O–H groups in total. The molecule has 0 aliphatic heterocycles. The molecular formula is C22H24ClN3O3S. The molecule has 0 saturated carbocycles. The predicted octanol–water partition coefficient (Wildman–Crippen LogP) is 4.54. The van der Waals surface area contributed by atoms with Gasteiger partial charge in [-0.25, -0.2) is 0 Å². The molecule has 0 aliphatic carbocycles. The van der Waals surface area contributed by atoms with Crippen LogP contribution in [0.3, 0.4) is 0 Å². The van der Waals surface area contributed by atoms with E-state index in [0.717, 1.165) is 11.3 Å². The van der Waals surface area contributed by atoms with Gasteiger partial charge in [-0.1, -0.05) is 41.6 Å². The number of hydrogen-bond acceptors (Lipinski definition) is 6. The molecule has 1 aromatic heterocycles. The molecule has 1 atom stereocenters. The minimum atomic E-state index is -0.661.